The lowest BCUT2D eigenvalue weighted by atomic mass is 10.0. The molecule has 0 spiro atoms. The number of hydrogen-bond donors (Lipinski definition) is 1. The zero-order valence-electron chi connectivity index (χ0n) is 11.8. The SMILES string of the molecule is O=C(NCc1c(F)cccc1Cl)c1snnc1C1CCCC1. The molecule has 1 saturated carbocycles. The summed E-state index contributed by atoms with van der Waals surface area (Å²) in [5.41, 5.74) is 1.07. The molecule has 3 rings (SSSR count). The van der Waals surface area contributed by atoms with Crippen LogP contribution in [0.15, 0.2) is 18.2 Å². The van der Waals surface area contributed by atoms with Gasteiger partial charge >= 0.3 is 0 Å². The number of hydrogen-bond acceptors (Lipinski definition) is 4. The van der Waals surface area contributed by atoms with Crippen LogP contribution in [0, 0.1) is 5.82 Å². The molecular formula is C15H15ClFN3OS. The van der Waals surface area contributed by atoms with Crippen LogP contribution in [0.25, 0.3) is 0 Å². The molecule has 116 valence electrons. The molecule has 1 heterocycles. The lowest BCUT2D eigenvalue weighted by Gasteiger charge is -2.09. The Balaban J connectivity index is 1.71. The quantitative estimate of drug-likeness (QED) is 0.918. The van der Waals surface area contributed by atoms with E-state index in [4.69, 9.17) is 11.6 Å². The van der Waals surface area contributed by atoms with Crippen molar-refractivity contribution in [3.05, 3.63) is 45.2 Å². The van der Waals surface area contributed by atoms with Crippen molar-refractivity contribution in [2.24, 2.45) is 0 Å². The third-order valence-electron chi connectivity index (χ3n) is 3.95. The van der Waals surface area contributed by atoms with E-state index in [0.717, 1.165) is 42.9 Å². The maximum absolute atomic E-state index is 13.7. The van der Waals surface area contributed by atoms with Gasteiger partial charge in [-0.3, -0.25) is 4.79 Å². The molecule has 2 aromatic rings. The first kappa shape index (κ1) is 15.4. The van der Waals surface area contributed by atoms with E-state index in [1.807, 2.05) is 0 Å². The van der Waals surface area contributed by atoms with Gasteiger partial charge in [0, 0.05) is 23.0 Å². The highest BCUT2D eigenvalue weighted by Crippen LogP contribution is 2.35. The Morgan fingerprint density at radius 3 is 2.91 bits per heavy atom. The van der Waals surface area contributed by atoms with Crippen LogP contribution in [0.1, 0.15) is 52.5 Å². The monoisotopic (exact) mass is 339 g/mol. The number of carbonyl (C=O) groups excluding carboxylic acids is 1. The van der Waals surface area contributed by atoms with Gasteiger partial charge in [-0.25, -0.2) is 4.39 Å². The molecule has 1 N–H and O–H groups in total. The molecule has 0 saturated heterocycles. The van der Waals surface area contributed by atoms with E-state index in [1.165, 1.54) is 12.1 Å². The van der Waals surface area contributed by atoms with Gasteiger partial charge in [-0.15, -0.1) is 5.10 Å². The predicted octanol–water partition coefficient (Wildman–Crippen LogP) is 3.92. The van der Waals surface area contributed by atoms with Crippen LogP contribution >= 0.6 is 23.1 Å². The number of nitrogens with zero attached hydrogens (tertiary/aromatic N) is 2. The number of aromatic nitrogens is 2. The highest BCUT2D eigenvalue weighted by molar-refractivity contribution is 7.08. The van der Waals surface area contributed by atoms with Crippen molar-refractivity contribution in [1.82, 2.24) is 14.9 Å². The number of nitrogens with one attached hydrogen (secondary N) is 1. The molecule has 0 bridgehead atoms. The van der Waals surface area contributed by atoms with E-state index in [-0.39, 0.29) is 18.0 Å². The number of carbonyl (C=O) groups is 1. The van der Waals surface area contributed by atoms with Crippen molar-refractivity contribution in [3.8, 4) is 0 Å². The van der Waals surface area contributed by atoms with Crippen LogP contribution in [-0.4, -0.2) is 15.5 Å². The Bertz CT molecular complexity index is 665. The fourth-order valence-electron chi connectivity index (χ4n) is 2.77. The van der Waals surface area contributed by atoms with Gasteiger partial charge in [-0.2, -0.15) is 0 Å². The largest absolute Gasteiger partial charge is 0.347 e. The Kier molecular flexibility index (Phi) is 4.69. The molecule has 0 aliphatic heterocycles. The number of amides is 1. The second kappa shape index (κ2) is 6.71. The Morgan fingerprint density at radius 2 is 2.18 bits per heavy atom. The summed E-state index contributed by atoms with van der Waals surface area (Å²) in [6, 6.07) is 4.46. The second-order valence-electron chi connectivity index (χ2n) is 5.35. The fourth-order valence-corrected chi connectivity index (χ4v) is 3.67. The van der Waals surface area contributed by atoms with Crippen LogP contribution in [0.4, 0.5) is 4.39 Å². The maximum atomic E-state index is 13.7. The van der Waals surface area contributed by atoms with Crippen LogP contribution in [0.5, 0.6) is 0 Å². The summed E-state index contributed by atoms with van der Waals surface area (Å²) in [6.07, 6.45) is 4.41. The van der Waals surface area contributed by atoms with E-state index in [0.29, 0.717) is 15.8 Å². The zero-order valence-corrected chi connectivity index (χ0v) is 13.4. The van der Waals surface area contributed by atoms with Crippen molar-refractivity contribution < 1.29 is 9.18 Å². The van der Waals surface area contributed by atoms with Crippen molar-refractivity contribution in [2.45, 2.75) is 38.1 Å². The third kappa shape index (κ3) is 3.13. The summed E-state index contributed by atoms with van der Waals surface area (Å²) < 4.78 is 17.6. The minimum atomic E-state index is -0.425. The summed E-state index contributed by atoms with van der Waals surface area (Å²) in [4.78, 5) is 12.9. The van der Waals surface area contributed by atoms with Gasteiger partial charge in [0.05, 0.1) is 5.69 Å². The zero-order chi connectivity index (χ0) is 15.5. The molecular weight excluding hydrogens is 325 g/mol. The van der Waals surface area contributed by atoms with Gasteiger partial charge in [-0.05, 0) is 36.5 Å². The smallest absolute Gasteiger partial charge is 0.265 e. The van der Waals surface area contributed by atoms with Crippen molar-refractivity contribution in [2.75, 3.05) is 0 Å². The first-order chi connectivity index (χ1) is 10.7. The summed E-state index contributed by atoms with van der Waals surface area (Å²) in [7, 11) is 0. The standard InChI is InChI=1S/C15H15ClFN3OS/c16-11-6-3-7-12(17)10(11)8-18-15(21)14-13(19-20-22-14)9-4-1-2-5-9/h3,6-7,9H,1-2,4-5,8H2,(H,18,21). The molecule has 1 amide bonds. The summed E-state index contributed by atoms with van der Waals surface area (Å²) >= 11 is 7.05. The highest BCUT2D eigenvalue weighted by Gasteiger charge is 2.26. The van der Waals surface area contributed by atoms with E-state index in [1.54, 1.807) is 6.07 Å². The summed E-state index contributed by atoms with van der Waals surface area (Å²) in [5, 5.41) is 7.14. The normalized spacial score (nSPS) is 15.2. The molecule has 0 radical (unpaired) electrons. The molecule has 22 heavy (non-hydrogen) atoms. The molecule has 7 heteroatoms. The number of benzene rings is 1. The van der Waals surface area contributed by atoms with Crippen LogP contribution in [-0.2, 0) is 6.54 Å². The predicted molar refractivity (Wildman–Crippen MR) is 83.7 cm³/mol. The molecule has 1 aromatic heterocycles. The van der Waals surface area contributed by atoms with Gasteiger partial charge < -0.3 is 5.32 Å². The molecule has 1 aromatic carbocycles. The van der Waals surface area contributed by atoms with Crippen molar-refractivity contribution in [3.63, 3.8) is 0 Å². The van der Waals surface area contributed by atoms with Gasteiger partial charge in [-0.1, -0.05) is 35.0 Å². The van der Waals surface area contributed by atoms with Gasteiger partial charge in [0.25, 0.3) is 5.91 Å². The first-order valence-electron chi connectivity index (χ1n) is 7.20. The van der Waals surface area contributed by atoms with Crippen molar-refractivity contribution >= 4 is 29.0 Å². The highest BCUT2D eigenvalue weighted by atomic mass is 35.5. The van der Waals surface area contributed by atoms with E-state index < -0.39 is 5.82 Å². The molecule has 1 aliphatic rings. The Hall–Kier alpha value is -1.53. The minimum absolute atomic E-state index is 0.0480. The lowest BCUT2D eigenvalue weighted by Crippen LogP contribution is -2.24. The fraction of sp³-hybridized carbons (Fsp3) is 0.400. The van der Waals surface area contributed by atoms with Crippen molar-refractivity contribution in [1.29, 1.82) is 0 Å². The van der Waals surface area contributed by atoms with E-state index >= 15 is 0 Å². The van der Waals surface area contributed by atoms with Gasteiger partial charge in [0.2, 0.25) is 0 Å². The van der Waals surface area contributed by atoms with Gasteiger partial charge in [0.15, 0.2) is 0 Å². The lowest BCUT2D eigenvalue weighted by molar-refractivity contribution is 0.0953. The second-order valence-corrected chi connectivity index (χ2v) is 6.51. The van der Waals surface area contributed by atoms with E-state index in [2.05, 4.69) is 14.9 Å². The first-order valence-corrected chi connectivity index (χ1v) is 8.35. The van der Waals surface area contributed by atoms with Gasteiger partial charge in [0.1, 0.15) is 10.7 Å². The summed E-state index contributed by atoms with van der Waals surface area (Å²) in [5.74, 6) is -0.376. The molecule has 1 fully saturated rings. The third-order valence-corrected chi connectivity index (χ3v) is 5.04. The number of halogens is 2. The van der Waals surface area contributed by atoms with Crippen LogP contribution in [0.3, 0.4) is 0 Å². The van der Waals surface area contributed by atoms with Crippen LogP contribution < -0.4 is 5.32 Å². The Morgan fingerprint density at radius 1 is 1.41 bits per heavy atom. The maximum Gasteiger partial charge on any atom is 0.265 e. The molecule has 0 atom stereocenters. The average molecular weight is 340 g/mol. The number of rotatable bonds is 4. The summed E-state index contributed by atoms with van der Waals surface area (Å²) in [6.45, 7) is 0.0480. The van der Waals surface area contributed by atoms with Crippen LogP contribution in [0.2, 0.25) is 5.02 Å². The Labute approximate surface area is 136 Å². The molecule has 4 nitrogen and oxygen atoms in total. The topological polar surface area (TPSA) is 54.9 Å². The average Bonchev–Trinajstić information content (AvgIpc) is 3.17. The minimum Gasteiger partial charge on any atom is -0.347 e. The van der Waals surface area contributed by atoms with E-state index in [9.17, 15) is 9.18 Å². The molecule has 0 unspecified atom stereocenters. The molecule has 1 aliphatic carbocycles.